The predicted molar refractivity (Wildman–Crippen MR) is 63.6 cm³/mol. The highest BCUT2D eigenvalue weighted by Crippen LogP contribution is 2.15. The number of hydrogen-bond acceptors (Lipinski definition) is 2. The molecule has 14 heavy (non-hydrogen) atoms. The van der Waals surface area contributed by atoms with Gasteiger partial charge in [0.05, 0.1) is 16.7 Å². The van der Waals surface area contributed by atoms with Crippen LogP contribution in [-0.2, 0) is 4.79 Å². The first-order valence-corrected chi connectivity index (χ1v) is 5.90. The first-order chi connectivity index (χ1) is 6.63. The van der Waals surface area contributed by atoms with Crippen molar-refractivity contribution < 1.29 is 4.79 Å². The average molecular weight is 322 g/mol. The smallest absolute Gasteiger partial charge is 0.238 e. The van der Waals surface area contributed by atoms with Crippen molar-refractivity contribution >= 4 is 43.5 Å². The molecule has 1 aromatic rings. The molecule has 76 valence electrons. The van der Waals surface area contributed by atoms with Crippen molar-refractivity contribution in [3.63, 3.8) is 0 Å². The standard InChI is InChI=1S/C9H10Br2N2O/c1-2-8(11)9(14)13-7-3-6(10)4-12-5-7/h3-5,8H,2H2,1H3,(H,13,14). The Bertz CT molecular complexity index is 330. The first-order valence-electron chi connectivity index (χ1n) is 4.19. The van der Waals surface area contributed by atoms with E-state index in [1.165, 1.54) is 0 Å². The molecule has 0 aromatic carbocycles. The zero-order valence-corrected chi connectivity index (χ0v) is 10.8. The molecule has 0 spiro atoms. The summed E-state index contributed by atoms with van der Waals surface area (Å²) < 4.78 is 0.845. The summed E-state index contributed by atoms with van der Waals surface area (Å²) in [6, 6.07) is 1.81. The normalized spacial score (nSPS) is 12.2. The third-order valence-electron chi connectivity index (χ3n) is 1.62. The van der Waals surface area contributed by atoms with Gasteiger partial charge in [-0.2, -0.15) is 0 Å². The van der Waals surface area contributed by atoms with E-state index in [0.29, 0.717) is 5.69 Å². The van der Waals surface area contributed by atoms with Gasteiger partial charge in [0.1, 0.15) is 0 Å². The molecule has 0 saturated carbocycles. The Kier molecular flexibility index (Phi) is 4.54. The van der Waals surface area contributed by atoms with Crippen molar-refractivity contribution in [1.82, 2.24) is 4.98 Å². The summed E-state index contributed by atoms with van der Waals surface area (Å²) in [6.45, 7) is 1.94. The molecule has 1 N–H and O–H groups in total. The first kappa shape index (κ1) is 11.7. The van der Waals surface area contributed by atoms with Gasteiger partial charge in [0.15, 0.2) is 0 Å². The monoisotopic (exact) mass is 320 g/mol. The van der Waals surface area contributed by atoms with Crippen LogP contribution in [0.15, 0.2) is 22.9 Å². The number of aromatic nitrogens is 1. The summed E-state index contributed by atoms with van der Waals surface area (Å²) in [5.74, 6) is -0.0487. The van der Waals surface area contributed by atoms with Gasteiger partial charge < -0.3 is 5.32 Å². The van der Waals surface area contributed by atoms with Crippen molar-refractivity contribution in [3.05, 3.63) is 22.9 Å². The number of amides is 1. The van der Waals surface area contributed by atoms with Crippen LogP contribution in [0.3, 0.4) is 0 Å². The Labute approximate surface area is 99.6 Å². The number of halogens is 2. The second-order valence-corrected chi connectivity index (χ2v) is 4.78. The van der Waals surface area contributed by atoms with E-state index >= 15 is 0 Å². The Balaban J connectivity index is 2.65. The van der Waals surface area contributed by atoms with Crippen molar-refractivity contribution in [3.8, 4) is 0 Å². The minimum absolute atomic E-state index is 0.0487. The van der Waals surface area contributed by atoms with Crippen molar-refractivity contribution in [1.29, 1.82) is 0 Å². The maximum Gasteiger partial charge on any atom is 0.238 e. The fourth-order valence-corrected chi connectivity index (χ4v) is 1.37. The maximum atomic E-state index is 11.5. The second kappa shape index (κ2) is 5.46. The van der Waals surface area contributed by atoms with E-state index in [1.54, 1.807) is 18.5 Å². The van der Waals surface area contributed by atoms with Gasteiger partial charge in [-0.1, -0.05) is 22.9 Å². The van der Waals surface area contributed by atoms with Gasteiger partial charge in [0, 0.05) is 10.7 Å². The number of carbonyl (C=O) groups is 1. The number of hydrogen-bond donors (Lipinski definition) is 1. The molecule has 1 atom stereocenters. The minimum Gasteiger partial charge on any atom is -0.324 e. The molecular formula is C9H10Br2N2O. The molecule has 1 unspecified atom stereocenters. The summed E-state index contributed by atoms with van der Waals surface area (Å²) >= 11 is 6.55. The number of carbonyl (C=O) groups excluding carboxylic acids is 1. The van der Waals surface area contributed by atoms with Crippen LogP contribution in [0.1, 0.15) is 13.3 Å². The summed E-state index contributed by atoms with van der Waals surface area (Å²) in [5.41, 5.74) is 0.697. The van der Waals surface area contributed by atoms with Gasteiger partial charge in [-0.05, 0) is 28.4 Å². The Morgan fingerprint density at radius 2 is 2.36 bits per heavy atom. The van der Waals surface area contributed by atoms with Crippen LogP contribution < -0.4 is 5.32 Å². The van der Waals surface area contributed by atoms with E-state index in [0.717, 1.165) is 10.9 Å². The molecule has 0 radical (unpaired) electrons. The van der Waals surface area contributed by atoms with Crippen LogP contribution in [0.5, 0.6) is 0 Å². The van der Waals surface area contributed by atoms with Gasteiger partial charge in [-0.25, -0.2) is 0 Å². The van der Waals surface area contributed by atoms with Gasteiger partial charge in [-0.15, -0.1) is 0 Å². The highest BCUT2D eigenvalue weighted by molar-refractivity contribution is 9.10. The topological polar surface area (TPSA) is 42.0 Å². The minimum atomic E-state index is -0.151. The van der Waals surface area contributed by atoms with Crippen molar-refractivity contribution in [2.45, 2.75) is 18.2 Å². The van der Waals surface area contributed by atoms with Crippen LogP contribution in [0, 0.1) is 0 Å². The molecule has 1 amide bonds. The largest absolute Gasteiger partial charge is 0.324 e. The molecule has 0 fully saturated rings. The summed E-state index contributed by atoms with van der Waals surface area (Å²) in [6.07, 6.45) is 4.03. The molecule has 1 rings (SSSR count). The van der Waals surface area contributed by atoms with E-state index in [9.17, 15) is 4.79 Å². The van der Waals surface area contributed by atoms with Crippen molar-refractivity contribution in [2.75, 3.05) is 5.32 Å². The third-order valence-corrected chi connectivity index (χ3v) is 3.11. The molecule has 1 heterocycles. The highest BCUT2D eigenvalue weighted by Gasteiger charge is 2.12. The molecular weight excluding hydrogens is 312 g/mol. The summed E-state index contributed by atoms with van der Waals surface area (Å²) in [4.78, 5) is 15.2. The van der Waals surface area contributed by atoms with Crippen LogP contribution in [0.25, 0.3) is 0 Å². The van der Waals surface area contributed by atoms with E-state index in [-0.39, 0.29) is 10.7 Å². The summed E-state index contributed by atoms with van der Waals surface area (Å²) in [7, 11) is 0. The van der Waals surface area contributed by atoms with Gasteiger partial charge in [0.25, 0.3) is 0 Å². The average Bonchev–Trinajstić information content (AvgIpc) is 2.16. The van der Waals surface area contributed by atoms with Gasteiger partial charge >= 0.3 is 0 Å². The summed E-state index contributed by atoms with van der Waals surface area (Å²) in [5, 5.41) is 2.76. The number of nitrogens with one attached hydrogen (secondary N) is 1. The van der Waals surface area contributed by atoms with Gasteiger partial charge in [0.2, 0.25) is 5.91 Å². The van der Waals surface area contributed by atoms with E-state index < -0.39 is 0 Å². The molecule has 0 saturated heterocycles. The van der Waals surface area contributed by atoms with Gasteiger partial charge in [-0.3, -0.25) is 9.78 Å². The predicted octanol–water partition coefficient (Wildman–Crippen LogP) is 2.96. The van der Waals surface area contributed by atoms with E-state index in [2.05, 4.69) is 42.2 Å². The molecule has 0 aliphatic rings. The zero-order valence-electron chi connectivity index (χ0n) is 7.63. The Morgan fingerprint density at radius 3 is 2.93 bits per heavy atom. The van der Waals surface area contributed by atoms with Crippen LogP contribution in [0.4, 0.5) is 5.69 Å². The van der Waals surface area contributed by atoms with E-state index in [1.807, 2.05) is 6.92 Å². The molecule has 0 aliphatic heterocycles. The number of alkyl halides is 1. The molecule has 0 aliphatic carbocycles. The zero-order chi connectivity index (χ0) is 10.6. The lowest BCUT2D eigenvalue weighted by molar-refractivity contribution is -0.115. The lowest BCUT2D eigenvalue weighted by Gasteiger charge is -2.08. The maximum absolute atomic E-state index is 11.5. The second-order valence-electron chi connectivity index (χ2n) is 2.76. The molecule has 3 nitrogen and oxygen atoms in total. The highest BCUT2D eigenvalue weighted by atomic mass is 79.9. The lowest BCUT2D eigenvalue weighted by atomic mass is 10.3. The lowest BCUT2D eigenvalue weighted by Crippen LogP contribution is -2.21. The fourth-order valence-electron chi connectivity index (χ4n) is 0.886. The number of nitrogens with zero attached hydrogens (tertiary/aromatic N) is 1. The molecule has 1 aromatic heterocycles. The van der Waals surface area contributed by atoms with E-state index in [4.69, 9.17) is 0 Å². The Hall–Kier alpha value is -0.420. The Morgan fingerprint density at radius 1 is 1.64 bits per heavy atom. The van der Waals surface area contributed by atoms with Crippen molar-refractivity contribution in [2.24, 2.45) is 0 Å². The number of pyridine rings is 1. The fraction of sp³-hybridized carbons (Fsp3) is 0.333. The molecule has 0 bridgehead atoms. The number of rotatable bonds is 3. The number of anilines is 1. The SMILES string of the molecule is CCC(Br)C(=O)Nc1cncc(Br)c1. The van der Waals surface area contributed by atoms with Crippen LogP contribution in [-0.4, -0.2) is 15.7 Å². The quantitative estimate of drug-likeness (QED) is 0.870. The molecule has 5 heteroatoms. The third kappa shape index (κ3) is 3.38. The van der Waals surface area contributed by atoms with Crippen LogP contribution in [0.2, 0.25) is 0 Å². The van der Waals surface area contributed by atoms with Crippen LogP contribution >= 0.6 is 31.9 Å².